The van der Waals surface area contributed by atoms with E-state index in [1.54, 1.807) is 7.11 Å². The minimum atomic E-state index is 0.253. The molecule has 1 aliphatic rings. The molecular formula is C13H23N3O. The number of hydrogen-bond acceptors (Lipinski definition) is 3. The molecule has 1 saturated heterocycles. The van der Waals surface area contributed by atoms with Crippen LogP contribution in [-0.2, 0) is 11.3 Å². The van der Waals surface area contributed by atoms with Crippen molar-refractivity contribution in [1.82, 2.24) is 14.9 Å². The SMILES string of the molecule is COCCC(C)(C)Cn1cncc1C1CNC1. The van der Waals surface area contributed by atoms with Gasteiger partial charge < -0.3 is 14.6 Å². The Kier molecular flexibility index (Phi) is 3.84. The average molecular weight is 237 g/mol. The summed E-state index contributed by atoms with van der Waals surface area (Å²) in [7, 11) is 1.76. The number of aromatic nitrogens is 2. The molecule has 0 atom stereocenters. The Bertz CT molecular complexity index is 355. The van der Waals surface area contributed by atoms with Crippen molar-refractivity contribution in [2.45, 2.75) is 32.7 Å². The maximum Gasteiger partial charge on any atom is 0.0948 e. The Hall–Kier alpha value is -0.870. The molecule has 1 aliphatic heterocycles. The van der Waals surface area contributed by atoms with Crippen LogP contribution in [0.25, 0.3) is 0 Å². The highest BCUT2D eigenvalue weighted by Gasteiger charge is 2.25. The minimum absolute atomic E-state index is 0.253. The molecule has 0 amide bonds. The van der Waals surface area contributed by atoms with Crippen LogP contribution in [0.1, 0.15) is 31.9 Å². The Balaban J connectivity index is 1.99. The van der Waals surface area contributed by atoms with E-state index in [0.717, 1.165) is 32.7 Å². The summed E-state index contributed by atoms with van der Waals surface area (Å²) in [4.78, 5) is 4.29. The Labute approximate surface area is 103 Å². The van der Waals surface area contributed by atoms with E-state index >= 15 is 0 Å². The van der Waals surface area contributed by atoms with Gasteiger partial charge in [0.15, 0.2) is 0 Å². The normalized spacial score (nSPS) is 17.1. The third-order valence-corrected chi connectivity index (χ3v) is 3.53. The fourth-order valence-corrected chi connectivity index (χ4v) is 2.22. The van der Waals surface area contributed by atoms with Crippen molar-refractivity contribution in [1.29, 1.82) is 0 Å². The zero-order valence-electron chi connectivity index (χ0n) is 11.1. The van der Waals surface area contributed by atoms with Crippen LogP contribution < -0.4 is 5.32 Å². The monoisotopic (exact) mass is 237 g/mol. The van der Waals surface area contributed by atoms with Crippen LogP contribution in [0, 0.1) is 5.41 Å². The van der Waals surface area contributed by atoms with Crippen molar-refractivity contribution >= 4 is 0 Å². The standard InChI is InChI=1S/C13H23N3O/c1-13(2,4-5-17-3)9-16-10-15-8-12(16)11-6-14-7-11/h8,10-11,14H,4-7,9H2,1-3H3. The first-order valence-corrected chi connectivity index (χ1v) is 6.32. The maximum absolute atomic E-state index is 5.17. The largest absolute Gasteiger partial charge is 0.385 e. The summed E-state index contributed by atoms with van der Waals surface area (Å²) < 4.78 is 7.48. The molecule has 0 spiro atoms. The van der Waals surface area contributed by atoms with Crippen molar-refractivity contribution in [3.63, 3.8) is 0 Å². The molecular weight excluding hydrogens is 214 g/mol. The van der Waals surface area contributed by atoms with Gasteiger partial charge >= 0.3 is 0 Å². The quantitative estimate of drug-likeness (QED) is 0.817. The lowest BCUT2D eigenvalue weighted by atomic mass is 9.89. The molecule has 1 aromatic rings. The van der Waals surface area contributed by atoms with Crippen molar-refractivity contribution in [3.8, 4) is 0 Å². The summed E-state index contributed by atoms with van der Waals surface area (Å²) in [6.07, 6.45) is 5.05. The molecule has 2 rings (SSSR count). The number of hydrogen-bond donors (Lipinski definition) is 1. The van der Waals surface area contributed by atoms with E-state index in [1.165, 1.54) is 5.69 Å². The molecule has 2 heterocycles. The van der Waals surface area contributed by atoms with E-state index < -0.39 is 0 Å². The molecule has 4 nitrogen and oxygen atoms in total. The molecule has 0 saturated carbocycles. The lowest BCUT2D eigenvalue weighted by molar-refractivity contribution is 0.141. The van der Waals surface area contributed by atoms with Crippen LogP contribution in [0.4, 0.5) is 0 Å². The van der Waals surface area contributed by atoms with E-state index in [-0.39, 0.29) is 5.41 Å². The van der Waals surface area contributed by atoms with Crippen LogP contribution in [0.3, 0.4) is 0 Å². The Morgan fingerprint density at radius 2 is 2.29 bits per heavy atom. The van der Waals surface area contributed by atoms with E-state index in [9.17, 15) is 0 Å². The first kappa shape index (κ1) is 12.6. The van der Waals surface area contributed by atoms with Gasteiger partial charge in [0.25, 0.3) is 0 Å². The van der Waals surface area contributed by atoms with Crippen LogP contribution in [0.5, 0.6) is 0 Å². The number of ether oxygens (including phenoxy) is 1. The van der Waals surface area contributed by atoms with Gasteiger partial charge in [-0.2, -0.15) is 0 Å². The summed E-state index contributed by atoms with van der Waals surface area (Å²) in [5.41, 5.74) is 1.62. The molecule has 1 aromatic heterocycles. The topological polar surface area (TPSA) is 39.1 Å². The highest BCUT2D eigenvalue weighted by atomic mass is 16.5. The van der Waals surface area contributed by atoms with Gasteiger partial charge in [0, 0.05) is 51.2 Å². The van der Waals surface area contributed by atoms with Gasteiger partial charge in [-0.3, -0.25) is 0 Å². The molecule has 0 aromatic carbocycles. The summed E-state index contributed by atoms with van der Waals surface area (Å²) in [6.45, 7) is 8.59. The van der Waals surface area contributed by atoms with Gasteiger partial charge in [0.1, 0.15) is 0 Å². The highest BCUT2D eigenvalue weighted by Crippen LogP contribution is 2.26. The summed E-state index contributed by atoms with van der Waals surface area (Å²) in [5.74, 6) is 0.649. The molecule has 0 bridgehead atoms. The van der Waals surface area contributed by atoms with Crippen molar-refractivity contribution in [2.24, 2.45) is 5.41 Å². The lowest BCUT2D eigenvalue weighted by Crippen LogP contribution is -2.41. The number of imidazole rings is 1. The molecule has 0 aliphatic carbocycles. The molecule has 0 radical (unpaired) electrons. The van der Waals surface area contributed by atoms with Crippen molar-refractivity contribution in [3.05, 3.63) is 18.2 Å². The second-order valence-corrected chi connectivity index (χ2v) is 5.71. The highest BCUT2D eigenvalue weighted by molar-refractivity contribution is 5.11. The van der Waals surface area contributed by atoms with E-state index in [4.69, 9.17) is 4.74 Å². The smallest absolute Gasteiger partial charge is 0.0948 e. The lowest BCUT2D eigenvalue weighted by Gasteiger charge is -2.31. The number of nitrogens with one attached hydrogen (secondary N) is 1. The molecule has 17 heavy (non-hydrogen) atoms. The zero-order valence-corrected chi connectivity index (χ0v) is 11.1. The van der Waals surface area contributed by atoms with E-state index in [0.29, 0.717) is 5.92 Å². The fourth-order valence-electron chi connectivity index (χ4n) is 2.22. The third kappa shape index (κ3) is 3.07. The van der Waals surface area contributed by atoms with Gasteiger partial charge in [0.05, 0.1) is 6.33 Å². The first-order chi connectivity index (χ1) is 8.12. The number of rotatable bonds is 6. The van der Waals surface area contributed by atoms with Crippen LogP contribution in [0.2, 0.25) is 0 Å². The third-order valence-electron chi connectivity index (χ3n) is 3.53. The summed E-state index contributed by atoms with van der Waals surface area (Å²) >= 11 is 0. The first-order valence-electron chi connectivity index (χ1n) is 6.32. The average Bonchev–Trinajstić information content (AvgIpc) is 2.60. The molecule has 1 fully saturated rings. The summed E-state index contributed by atoms with van der Waals surface area (Å²) in [5, 5.41) is 3.31. The van der Waals surface area contributed by atoms with Gasteiger partial charge in [-0.05, 0) is 11.8 Å². The van der Waals surface area contributed by atoms with Gasteiger partial charge in [-0.25, -0.2) is 4.98 Å². The van der Waals surface area contributed by atoms with Crippen molar-refractivity contribution < 1.29 is 4.74 Å². The van der Waals surface area contributed by atoms with Gasteiger partial charge in [-0.1, -0.05) is 13.8 Å². The molecule has 96 valence electrons. The maximum atomic E-state index is 5.17. The number of nitrogens with zero attached hydrogens (tertiary/aromatic N) is 2. The van der Waals surface area contributed by atoms with Gasteiger partial charge in [0.2, 0.25) is 0 Å². The van der Waals surface area contributed by atoms with E-state index in [2.05, 4.69) is 28.7 Å². The van der Waals surface area contributed by atoms with Crippen LogP contribution >= 0.6 is 0 Å². The molecule has 4 heteroatoms. The zero-order chi connectivity index (χ0) is 12.3. The summed E-state index contributed by atoms with van der Waals surface area (Å²) in [6, 6.07) is 0. The Morgan fingerprint density at radius 1 is 1.53 bits per heavy atom. The number of methoxy groups -OCH3 is 1. The Morgan fingerprint density at radius 3 is 2.88 bits per heavy atom. The predicted molar refractivity (Wildman–Crippen MR) is 68.1 cm³/mol. The second kappa shape index (κ2) is 5.19. The molecule has 0 unspecified atom stereocenters. The van der Waals surface area contributed by atoms with Crippen LogP contribution in [0.15, 0.2) is 12.5 Å². The van der Waals surface area contributed by atoms with Crippen LogP contribution in [-0.4, -0.2) is 36.4 Å². The van der Waals surface area contributed by atoms with E-state index in [1.807, 2.05) is 12.5 Å². The second-order valence-electron chi connectivity index (χ2n) is 5.71. The van der Waals surface area contributed by atoms with Gasteiger partial charge in [-0.15, -0.1) is 0 Å². The molecule has 1 N–H and O–H groups in total. The van der Waals surface area contributed by atoms with Crippen molar-refractivity contribution in [2.75, 3.05) is 26.8 Å². The fraction of sp³-hybridized carbons (Fsp3) is 0.769. The minimum Gasteiger partial charge on any atom is -0.385 e. The predicted octanol–water partition coefficient (Wildman–Crippen LogP) is 1.63.